The van der Waals surface area contributed by atoms with Crippen LogP contribution in [0, 0.1) is 0 Å². The number of guanidine groups is 1. The number of rotatable bonds is 2. The molecule has 1 aromatic carbocycles. The van der Waals surface area contributed by atoms with E-state index in [1.807, 2.05) is 0 Å². The number of anilines is 1. The molecule has 3 rings (SSSR count). The number of benzene rings is 1. The van der Waals surface area contributed by atoms with Gasteiger partial charge in [-0.3, -0.25) is 0 Å². The molecule has 1 heterocycles. The van der Waals surface area contributed by atoms with Gasteiger partial charge < -0.3 is 10.2 Å². The second kappa shape index (κ2) is 4.63. The number of nitrogens with zero attached hydrogens (tertiary/aromatic N) is 2. The van der Waals surface area contributed by atoms with Crippen LogP contribution < -0.4 is 5.32 Å². The molecule has 1 aliphatic carbocycles. The Hall–Kier alpha value is -1.51. The molecular weight excluding hydrogens is 222 g/mol. The molecule has 3 heteroatoms. The van der Waals surface area contributed by atoms with E-state index in [-0.39, 0.29) is 0 Å². The van der Waals surface area contributed by atoms with Crippen molar-refractivity contribution < 1.29 is 0 Å². The standard InChI is InChI=1S/C15H21N3/c1-3-18(4-2)15-16-12-9-5-7-11-8-6-10-13(17-15)14(11)12/h5,7,9,13H,3-4,6,8,10H2,1-2H3,(H,16,17). The van der Waals surface area contributed by atoms with E-state index in [0.717, 1.165) is 19.0 Å². The molecule has 0 saturated carbocycles. The summed E-state index contributed by atoms with van der Waals surface area (Å²) in [6, 6.07) is 6.98. The summed E-state index contributed by atoms with van der Waals surface area (Å²) in [5.74, 6) is 1.05. The van der Waals surface area contributed by atoms with Crippen molar-refractivity contribution in [2.75, 3.05) is 18.4 Å². The molecule has 0 spiro atoms. The van der Waals surface area contributed by atoms with Crippen LogP contribution in [0.2, 0.25) is 0 Å². The molecule has 1 aromatic rings. The molecule has 1 atom stereocenters. The normalized spacial score (nSPS) is 20.8. The topological polar surface area (TPSA) is 27.6 Å². The zero-order valence-corrected chi connectivity index (χ0v) is 11.2. The molecule has 0 saturated heterocycles. The van der Waals surface area contributed by atoms with Crippen molar-refractivity contribution in [3.8, 4) is 0 Å². The quantitative estimate of drug-likeness (QED) is 0.864. The summed E-state index contributed by atoms with van der Waals surface area (Å²) >= 11 is 0. The number of aryl methyl sites for hydroxylation is 1. The highest BCUT2D eigenvalue weighted by Crippen LogP contribution is 2.40. The van der Waals surface area contributed by atoms with Gasteiger partial charge >= 0.3 is 0 Å². The van der Waals surface area contributed by atoms with E-state index in [1.54, 1.807) is 0 Å². The smallest absolute Gasteiger partial charge is 0.199 e. The maximum atomic E-state index is 4.93. The predicted octanol–water partition coefficient (Wildman–Crippen LogP) is 3.19. The lowest BCUT2D eigenvalue weighted by Crippen LogP contribution is -2.39. The molecule has 1 aliphatic heterocycles. The van der Waals surface area contributed by atoms with Crippen LogP contribution in [0.4, 0.5) is 5.69 Å². The molecule has 0 fully saturated rings. The molecule has 18 heavy (non-hydrogen) atoms. The zero-order valence-electron chi connectivity index (χ0n) is 11.2. The van der Waals surface area contributed by atoms with Crippen molar-refractivity contribution in [3.63, 3.8) is 0 Å². The molecule has 0 radical (unpaired) electrons. The SMILES string of the molecule is CCN(CC)C1=NC2CCCc3cccc(c32)N1. The lowest BCUT2D eigenvalue weighted by Gasteiger charge is -2.34. The molecular formula is C15H21N3. The Labute approximate surface area is 109 Å². The van der Waals surface area contributed by atoms with E-state index < -0.39 is 0 Å². The van der Waals surface area contributed by atoms with Gasteiger partial charge in [0.05, 0.1) is 6.04 Å². The fourth-order valence-electron chi connectivity index (χ4n) is 3.08. The first kappa shape index (κ1) is 11.6. The maximum Gasteiger partial charge on any atom is 0.199 e. The summed E-state index contributed by atoms with van der Waals surface area (Å²) in [6.45, 7) is 6.37. The van der Waals surface area contributed by atoms with Crippen LogP contribution in [-0.2, 0) is 6.42 Å². The Kier molecular flexibility index (Phi) is 2.98. The third kappa shape index (κ3) is 1.78. The second-order valence-electron chi connectivity index (χ2n) is 5.04. The molecule has 1 N–H and O–H groups in total. The largest absolute Gasteiger partial charge is 0.343 e. The number of aliphatic imine (C=N–C) groups is 1. The van der Waals surface area contributed by atoms with Gasteiger partial charge in [-0.1, -0.05) is 12.1 Å². The summed E-state index contributed by atoms with van der Waals surface area (Å²) in [5, 5.41) is 3.51. The second-order valence-corrected chi connectivity index (χ2v) is 5.04. The Bertz CT molecular complexity index is 475. The summed E-state index contributed by atoms with van der Waals surface area (Å²) < 4.78 is 0. The van der Waals surface area contributed by atoms with Crippen LogP contribution in [0.1, 0.15) is 43.9 Å². The Balaban J connectivity index is 2.00. The fourth-order valence-corrected chi connectivity index (χ4v) is 3.08. The van der Waals surface area contributed by atoms with Crippen LogP contribution >= 0.6 is 0 Å². The Morgan fingerprint density at radius 1 is 1.33 bits per heavy atom. The number of nitrogens with one attached hydrogen (secondary N) is 1. The van der Waals surface area contributed by atoms with E-state index >= 15 is 0 Å². The van der Waals surface area contributed by atoms with E-state index in [1.165, 1.54) is 36.1 Å². The van der Waals surface area contributed by atoms with Crippen molar-refractivity contribution in [2.24, 2.45) is 4.99 Å². The lowest BCUT2D eigenvalue weighted by molar-refractivity contribution is 0.451. The van der Waals surface area contributed by atoms with E-state index in [4.69, 9.17) is 4.99 Å². The molecule has 0 aromatic heterocycles. The third-order valence-corrected chi connectivity index (χ3v) is 4.04. The molecule has 1 unspecified atom stereocenters. The van der Waals surface area contributed by atoms with Gasteiger partial charge in [0.25, 0.3) is 0 Å². The minimum atomic E-state index is 0.377. The summed E-state index contributed by atoms with van der Waals surface area (Å²) in [4.78, 5) is 7.22. The fraction of sp³-hybridized carbons (Fsp3) is 0.533. The first-order valence-corrected chi connectivity index (χ1v) is 7.05. The average molecular weight is 243 g/mol. The highest BCUT2D eigenvalue weighted by atomic mass is 15.3. The van der Waals surface area contributed by atoms with Gasteiger partial charge in [-0.05, 0) is 44.7 Å². The molecule has 3 nitrogen and oxygen atoms in total. The highest BCUT2D eigenvalue weighted by molar-refractivity contribution is 5.96. The number of hydrogen-bond acceptors (Lipinski definition) is 3. The molecule has 0 amide bonds. The summed E-state index contributed by atoms with van der Waals surface area (Å²) in [7, 11) is 0. The summed E-state index contributed by atoms with van der Waals surface area (Å²) in [6.07, 6.45) is 3.66. The lowest BCUT2D eigenvalue weighted by atomic mass is 9.86. The van der Waals surface area contributed by atoms with Crippen LogP contribution in [0.15, 0.2) is 23.2 Å². The van der Waals surface area contributed by atoms with E-state index in [0.29, 0.717) is 6.04 Å². The first-order chi connectivity index (χ1) is 8.83. The van der Waals surface area contributed by atoms with Gasteiger partial charge in [0.2, 0.25) is 0 Å². The van der Waals surface area contributed by atoms with Gasteiger partial charge in [-0.25, -0.2) is 4.99 Å². The molecule has 96 valence electrons. The van der Waals surface area contributed by atoms with E-state index in [2.05, 4.69) is 42.3 Å². The highest BCUT2D eigenvalue weighted by Gasteiger charge is 2.28. The van der Waals surface area contributed by atoms with Gasteiger partial charge in [0.1, 0.15) is 0 Å². The molecule has 0 bridgehead atoms. The van der Waals surface area contributed by atoms with Gasteiger partial charge in [-0.2, -0.15) is 0 Å². The van der Waals surface area contributed by atoms with Crippen LogP contribution in [-0.4, -0.2) is 23.9 Å². The minimum absolute atomic E-state index is 0.377. The van der Waals surface area contributed by atoms with Gasteiger partial charge in [0.15, 0.2) is 5.96 Å². The Morgan fingerprint density at radius 3 is 2.94 bits per heavy atom. The van der Waals surface area contributed by atoms with Gasteiger partial charge in [0, 0.05) is 24.3 Å². The molecule has 2 aliphatic rings. The third-order valence-electron chi connectivity index (χ3n) is 4.04. The van der Waals surface area contributed by atoms with Crippen molar-refractivity contribution in [3.05, 3.63) is 29.3 Å². The average Bonchev–Trinajstić information content (AvgIpc) is 2.41. The Morgan fingerprint density at radius 2 is 2.17 bits per heavy atom. The summed E-state index contributed by atoms with van der Waals surface area (Å²) in [5.41, 5.74) is 4.20. The van der Waals surface area contributed by atoms with Crippen LogP contribution in [0.25, 0.3) is 0 Å². The van der Waals surface area contributed by atoms with Crippen molar-refractivity contribution in [2.45, 2.75) is 39.2 Å². The van der Waals surface area contributed by atoms with E-state index in [9.17, 15) is 0 Å². The maximum absolute atomic E-state index is 4.93. The van der Waals surface area contributed by atoms with Crippen LogP contribution in [0.5, 0.6) is 0 Å². The van der Waals surface area contributed by atoms with Crippen molar-refractivity contribution in [1.82, 2.24) is 4.90 Å². The monoisotopic (exact) mass is 243 g/mol. The minimum Gasteiger partial charge on any atom is -0.343 e. The predicted molar refractivity (Wildman–Crippen MR) is 76.1 cm³/mol. The number of hydrogen-bond donors (Lipinski definition) is 1. The van der Waals surface area contributed by atoms with Crippen LogP contribution in [0.3, 0.4) is 0 Å². The van der Waals surface area contributed by atoms with Crippen molar-refractivity contribution in [1.29, 1.82) is 0 Å². The zero-order chi connectivity index (χ0) is 12.5. The van der Waals surface area contributed by atoms with Crippen molar-refractivity contribution >= 4 is 11.6 Å². The first-order valence-electron chi connectivity index (χ1n) is 7.05. The van der Waals surface area contributed by atoms with Gasteiger partial charge in [-0.15, -0.1) is 0 Å².